The molecule has 1 aliphatic carbocycles. The molecule has 1 aromatic rings. The van der Waals surface area contributed by atoms with Crippen molar-refractivity contribution in [2.24, 2.45) is 0 Å². The summed E-state index contributed by atoms with van der Waals surface area (Å²) >= 11 is 0. The van der Waals surface area contributed by atoms with Crippen molar-refractivity contribution in [3.8, 4) is 0 Å². The van der Waals surface area contributed by atoms with Crippen LogP contribution >= 0.6 is 0 Å². The van der Waals surface area contributed by atoms with Gasteiger partial charge in [0.05, 0.1) is 0 Å². The van der Waals surface area contributed by atoms with Gasteiger partial charge in [-0.1, -0.05) is 30.3 Å². The van der Waals surface area contributed by atoms with Crippen LogP contribution in [0.15, 0.2) is 30.3 Å². The van der Waals surface area contributed by atoms with Crippen LogP contribution in [0.3, 0.4) is 0 Å². The number of allylic oxidation sites excluding steroid dienone is 1. The molecule has 0 spiro atoms. The third-order valence-corrected chi connectivity index (χ3v) is 3.58. The predicted molar refractivity (Wildman–Crippen MR) is 88.2 cm³/mol. The van der Waals surface area contributed by atoms with E-state index in [-0.39, 0.29) is 6.42 Å². The number of hydrogen-bond donors (Lipinski definition) is 2. The summed E-state index contributed by atoms with van der Waals surface area (Å²) in [5, 5.41) is 11.9. The van der Waals surface area contributed by atoms with E-state index in [2.05, 4.69) is 17.5 Å². The highest BCUT2D eigenvalue weighted by Crippen LogP contribution is 2.29. The van der Waals surface area contributed by atoms with Crippen molar-refractivity contribution in [1.82, 2.24) is 5.32 Å². The van der Waals surface area contributed by atoms with Crippen molar-refractivity contribution in [3.63, 3.8) is 0 Å². The SMILES string of the molecule is CC(C)(C)OC(=O)NC(CC1=CCCc2ccccc21)C(=O)O. The van der Waals surface area contributed by atoms with Gasteiger partial charge in [-0.2, -0.15) is 0 Å². The van der Waals surface area contributed by atoms with Gasteiger partial charge in [-0.15, -0.1) is 0 Å². The van der Waals surface area contributed by atoms with Gasteiger partial charge in [0.1, 0.15) is 11.6 Å². The Hall–Kier alpha value is -2.30. The van der Waals surface area contributed by atoms with E-state index >= 15 is 0 Å². The third-order valence-electron chi connectivity index (χ3n) is 3.58. The standard InChI is InChI=1S/C18H23NO4/c1-18(2,3)23-17(22)19-15(16(20)21)11-13-9-6-8-12-7-4-5-10-14(12)13/h4-5,7,9-10,15H,6,8,11H2,1-3H3,(H,19,22)(H,20,21). The molecule has 2 N–H and O–H groups in total. The Labute approximate surface area is 136 Å². The lowest BCUT2D eigenvalue weighted by Crippen LogP contribution is -2.43. The maximum Gasteiger partial charge on any atom is 0.408 e. The Morgan fingerprint density at radius 3 is 2.65 bits per heavy atom. The molecule has 1 amide bonds. The van der Waals surface area contributed by atoms with Crippen LogP contribution in [0, 0.1) is 0 Å². The first-order chi connectivity index (χ1) is 10.8. The van der Waals surface area contributed by atoms with Gasteiger partial charge in [0.25, 0.3) is 0 Å². The lowest BCUT2D eigenvalue weighted by Gasteiger charge is -2.24. The summed E-state index contributed by atoms with van der Waals surface area (Å²) in [6.07, 6.45) is 3.41. The maximum absolute atomic E-state index is 11.8. The molecule has 1 aromatic carbocycles. The number of benzene rings is 1. The van der Waals surface area contributed by atoms with E-state index in [4.69, 9.17) is 4.74 Å². The minimum Gasteiger partial charge on any atom is -0.480 e. The van der Waals surface area contributed by atoms with Crippen LogP contribution in [-0.4, -0.2) is 28.8 Å². The van der Waals surface area contributed by atoms with Gasteiger partial charge in [0.2, 0.25) is 0 Å². The van der Waals surface area contributed by atoms with Gasteiger partial charge in [-0.25, -0.2) is 9.59 Å². The summed E-state index contributed by atoms with van der Waals surface area (Å²) in [7, 11) is 0. The number of carboxylic acids is 1. The molecule has 0 saturated carbocycles. The van der Waals surface area contributed by atoms with Crippen molar-refractivity contribution in [1.29, 1.82) is 0 Å². The molecule has 1 atom stereocenters. The first kappa shape index (κ1) is 17.1. The molecule has 5 nitrogen and oxygen atoms in total. The molecule has 1 aliphatic rings. The van der Waals surface area contributed by atoms with E-state index in [1.165, 1.54) is 5.56 Å². The summed E-state index contributed by atoms with van der Waals surface area (Å²) < 4.78 is 5.14. The number of carbonyl (C=O) groups is 2. The molecule has 124 valence electrons. The van der Waals surface area contributed by atoms with E-state index in [9.17, 15) is 14.7 Å². The van der Waals surface area contributed by atoms with Crippen LogP contribution in [0.1, 0.15) is 44.7 Å². The smallest absolute Gasteiger partial charge is 0.408 e. The van der Waals surface area contributed by atoms with Crippen molar-refractivity contribution in [2.75, 3.05) is 0 Å². The minimum absolute atomic E-state index is 0.242. The number of carboxylic acid groups (broad SMARTS) is 1. The first-order valence-electron chi connectivity index (χ1n) is 7.76. The second-order valence-electron chi connectivity index (χ2n) is 6.67. The monoisotopic (exact) mass is 317 g/mol. The highest BCUT2D eigenvalue weighted by atomic mass is 16.6. The number of rotatable bonds is 4. The first-order valence-corrected chi connectivity index (χ1v) is 7.76. The highest BCUT2D eigenvalue weighted by Gasteiger charge is 2.26. The molecule has 1 unspecified atom stereocenters. The number of ether oxygens (including phenoxy) is 1. The molecule has 0 aliphatic heterocycles. The predicted octanol–water partition coefficient (Wildman–Crippen LogP) is 3.38. The summed E-state index contributed by atoms with van der Waals surface area (Å²) in [6.45, 7) is 5.22. The molecule has 0 bridgehead atoms. The number of nitrogens with one attached hydrogen (secondary N) is 1. The average molecular weight is 317 g/mol. The van der Waals surface area contributed by atoms with E-state index in [0.29, 0.717) is 0 Å². The highest BCUT2D eigenvalue weighted by molar-refractivity contribution is 5.83. The van der Waals surface area contributed by atoms with Gasteiger partial charge in [-0.05, 0) is 50.3 Å². The summed E-state index contributed by atoms with van der Waals surface area (Å²) in [6, 6.07) is 6.96. The zero-order chi connectivity index (χ0) is 17.0. The fourth-order valence-electron chi connectivity index (χ4n) is 2.63. The Bertz CT molecular complexity index is 628. The number of alkyl carbamates (subject to hydrolysis) is 1. The zero-order valence-electron chi connectivity index (χ0n) is 13.8. The van der Waals surface area contributed by atoms with E-state index in [1.54, 1.807) is 20.8 Å². The summed E-state index contributed by atoms with van der Waals surface area (Å²) in [4.78, 5) is 23.3. The van der Waals surface area contributed by atoms with E-state index < -0.39 is 23.7 Å². The van der Waals surface area contributed by atoms with Crippen LogP contribution in [0.5, 0.6) is 0 Å². The third kappa shape index (κ3) is 4.84. The molecular weight excluding hydrogens is 294 g/mol. The van der Waals surface area contributed by atoms with Crippen LogP contribution in [-0.2, 0) is 16.0 Å². The Morgan fingerprint density at radius 1 is 1.30 bits per heavy atom. The minimum atomic E-state index is -1.07. The molecule has 0 heterocycles. The number of hydrogen-bond acceptors (Lipinski definition) is 3. The molecule has 0 fully saturated rings. The van der Waals surface area contributed by atoms with Crippen LogP contribution in [0.25, 0.3) is 5.57 Å². The van der Waals surface area contributed by atoms with Crippen LogP contribution < -0.4 is 5.32 Å². The molecular formula is C18H23NO4. The second-order valence-corrected chi connectivity index (χ2v) is 6.67. The van der Waals surface area contributed by atoms with Crippen molar-refractivity contribution in [2.45, 2.75) is 51.7 Å². The van der Waals surface area contributed by atoms with Crippen LogP contribution in [0.4, 0.5) is 4.79 Å². The van der Waals surface area contributed by atoms with E-state index in [0.717, 1.165) is 24.0 Å². The molecule has 0 radical (unpaired) electrons. The van der Waals surface area contributed by atoms with Gasteiger partial charge >= 0.3 is 12.1 Å². The van der Waals surface area contributed by atoms with E-state index in [1.807, 2.05) is 18.2 Å². The van der Waals surface area contributed by atoms with Gasteiger partial charge < -0.3 is 15.2 Å². The number of carbonyl (C=O) groups excluding carboxylic acids is 1. The molecule has 23 heavy (non-hydrogen) atoms. The van der Waals surface area contributed by atoms with Crippen molar-refractivity contribution in [3.05, 3.63) is 41.5 Å². The summed E-state index contributed by atoms with van der Waals surface area (Å²) in [5.41, 5.74) is 2.57. The summed E-state index contributed by atoms with van der Waals surface area (Å²) in [5.74, 6) is -1.07. The maximum atomic E-state index is 11.8. The van der Waals surface area contributed by atoms with Crippen LogP contribution in [0.2, 0.25) is 0 Å². The Balaban J connectivity index is 2.10. The number of amides is 1. The fraction of sp³-hybridized carbons (Fsp3) is 0.444. The second kappa shape index (κ2) is 6.86. The topological polar surface area (TPSA) is 75.6 Å². The molecule has 0 saturated heterocycles. The normalized spacial score (nSPS) is 15.2. The Morgan fingerprint density at radius 2 is 2.00 bits per heavy atom. The lowest BCUT2D eigenvalue weighted by molar-refractivity contribution is -0.139. The Kier molecular flexibility index (Phi) is 5.08. The quantitative estimate of drug-likeness (QED) is 0.892. The molecule has 2 rings (SSSR count). The van der Waals surface area contributed by atoms with Gasteiger partial charge in [0, 0.05) is 6.42 Å². The number of aryl methyl sites for hydroxylation is 1. The molecule has 5 heteroatoms. The number of fused-ring (bicyclic) bond motifs is 1. The van der Waals surface area contributed by atoms with Gasteiger partial charge in [-0.3, -0.25) is 0 Å². The van der Waals surface area contributed by atoms with Crippen molar-refractivity contribution < 1.29 is 19.4 Å². The average Bonchev–Trinajstić information content (AvgIpc) is 2.44. The zero-order valence-corrected chi connectivity index (χ0v) is 13.8. The van der Waals surface area contributed by atoms with Gasteiger partial charge in [0.15, 0.2) is 0 Å². The lowest BCUT2D eigenvalue weighted by atomic mass is 9.87. The van der Waals surface area contributed by atoms with Crippen molar-refractivity contribution >= 4 is 17.6 Å². The number of aliphatic carboxylic acids is 1. The largest absolute Gasteiger partial charge is 0.480 e. The molecule has 0 aromatic heterocycles. The fourth-order valence-corrected chi connectivity index (χ4v) is 2.63.